The molecule has 0 spiro atoms. The fraction of sp³-hybridized carbons (Fsp3) is 0.909. The third kappa shape index (κ3) is 3.32. The minimum Gasteiger partial charge on any atom is -0.743 e. The Morgan fingerprint density at radius 1 is 1.43 bits per heavy atom. The van der Waals surface area contributed by atoms with Crippen LogP contribution >= 0.6 is 0 Å². The molecule has 2 heterocycles. The zero-order valence-electron chi connectivity index (χ0n) is 10.8. The predicted octanol–water partition coefficient (Wildman–Crippen LogP) is 0.963. The number of hydrogen-bond donors (Lipinski definition) is 0. The molecule has 2 bridgehead atoms. The minimum absolute atomic E-state index is 0.00332. The van der Waals surface area contributed by atoms with Crippen molar-refractivity contribution in [2.24, 2.45) is 5.92 Å². The molecule has 0 aromatic carbocycles. The van der Waals surface area contributed by atoms with Crippen LogP contribution in [-0.2, 0) is 24.4 Å². The van der Waals surface area contributed by atoms with Crippen molar-refractivity contribution in [1.29, 1.82) is 0 Å². The molecule has 0 aromatic heterocycles. The molecule has 2 fully saturated rings. The van der Waals surface area contributed by atoms with E-state index in [9.17, 15) is 30.9 Å². The molecule has 2 saturated heterocycles. The lowest BCUT2D eigenvalue weighted by Crippen LogP contribution is -2.39. The standard InChI is InChI=1S/C11H15F3O6S/c12-9(11(13,14)21(16,17)18)3-4-19-10(15)7-5-6-1-2-8(7)20-6/h6-9H,1-5H2,(H,16,17,18)/p-1. The van der Waals surface area contributed by atoms with Gasteiger partial charge in [0.25, 0.3) is 0 Å². The third-order valence-electron chi connectivity index (χ3n) is 3.72. The van der Waals surface area contributed by atoms with E-state index in [0.29, 0.717) is 12.8 Å². The number of halogens is 3. The summed E-state index contributed by atoms with van der Waals surface area (Å²) in [5.41, 5.74) is 0. The number of rotatable bonds is 6. The van der Waals surface area contributed by atoms with Crippen molar-refractivity contribution in [1.82, 2.24) is 0 Å². The molecule has 0 radical (unpaired) electrons. The lowest BCUT2D eigenvalue weighted by Gasteiger charge is -2.23. The summed E-state index contributed by atoms with van der Waals surface area (Å²) >= 11 is 0. The Morgan fingerprint density at radius 2 is 2.10 bits per heavy atom. The molecule has 4 atom stereocenters. The van der Waals surface area contributed by atoms with Crippen LogP contribution in [0.5, 0.6) is 0 Å². The second kappa shape index (κ2) is 5.73. The van der Waals surface area contributed by atoms with Crippen LogP contribution in [0.15, 0.2) is 0 Å². The molecule has 0 aliphatic carbocycles. The highest BCUT2D eigenvalue weighted by atomic mass is 32.2. The first-order valence-electron chi connectivity index (χ1n) is 6.42. The van der Waals surface area contributed by atoms with E-state index in [-0.39, 0.29) is 12.2 Å². The third-order valence-corrected chi connectivity index (χ3v) is 4.64. The lowest BCUT2D eigenvalue weighted by molar-refractivity contribution is -0.151. The molecule has 2 aliphatic rings. The summed E-state index contributed by atoms with van der Waals surface area (Å²) in [4.78, 5) is 11.7. The first-order valence-corrected chi connectivity index (χ1v) is 7.83. The number of hydrogen-bond acceptors (Lipinski definition) is 6. The summed E-state index contributed by atoms with van der Waals surface area (Å²) in [5, 5.41) is -5.03. The highest BCUT2D eigenvalue weighted by Gasteiger charge is 2.48. The number of carbonyl (C=O) groups excluding carboxylic acids is 1. The first kappa shape index (κ1) is 16.5. The molecule has 4 unspecified atom stereocenters. The van der Waals surface area contributed by atoms with Crippen LogP contribution in [0.25, 0.3) is 0 Å². The van der Waals surface area contributed by atoms with Gasteiger partial charge in [-0.05, 0) is 19.3 Å². The molecule has 21 heavy (non-hydrogen) atoms. The van der Waals surface area contributed by atoms with Gasteiger partial charge in [-0.15, -0.1) is 0 Å². The second-order valence-electron chi connectivity index (χ2n) is 5.16. The summed E-state index contributed by atoms with van der Waals surface area (Å²) < 4.78 is 79.5. The molecular formula is C11H14F3O6S-. The van der Waals surface area contributed by atoms with Crippen LogP contribution in [0.1, 0.15) is 25.7 Å². The highest BCUT2D eigenvalue weighted by molar-refractivity contribution is 7.86. The monoisotopic (exact) mass is 331 g/mol. The molecule has 0 saturated carbocycles. The van der Waals surface area contributed by atoms with Gasteiger partial charge >= 0.3 is 11.2 Å². The average molecular weight is 331 g/mol. The lowest BCUT2D eigenvalue weighted by atomic mass is 9.89. The predicted molar refractivity (Wildman–Crippen MR) is 61.1 cm³/mol. The van der Waals surface area contributed by atoms with Crippen molar-refractivity contribution in [2.75, 3.05) is 6.61 Å². The van der Waals surface area contributed by atoms with Crippen molar-refractivity contribution in [3.05, 3.63) is 0 Å². The summed E-state index contributed by atoms with van der Waals surface area (Å²) in [6.07, 6.45) is -2.50. The van der Waals surface area contributed by atoms with Gasteiger partial charge in [0.2, 0.25) is 0 Å². The summed E-state index contributed by atoms with van der Waals surface area (Å²) in [7, 11) is -6.09. The van der Waals surface area contributed by atoms with E-state index >= 15 is 0 Å². The Balaban J connectivity index is 1.78. The van der Waals surface area contributed by atoms with E-state index in [4.69, 9.17) is 4.74 Å². The van der Waals surface area contributed by atoms with Crippen molar-refractivity contribution < 1.29 is 40.4 Å². The topological polar surface area (TPSA) is 92.7 Å². The zero-order valence-corrected chi connectivity index (χ0v) is 11.7. The van der Waals surface area contributed by atoms with E-state index in [1.54, 1.807) is 0 Å². The normalized spacial score (nSPS) is 30.4. The van der Waals surface area contributed by atoms with Crippen molar-refractivity contribution in [3.63, 3.8) is 0 Å². The van der Waals surface area contributed by atoms with Crippen LogP contribution in [0, 0.1) is 5.92 Å². The van der Waals surface area contributed by atoms with Crippen molar-refractivity contribution >= 4 is 16.1 Å². The molecule has 0 aromatic rings. The Hall–Kier alpha value is -0.870. The number of carbonyl (C=O) groups is 1. The zero-order chi connectivity index (χ0) is 15.8. The van der Waals surface area contributed by atoms with E-state index in [0.717, 1.165) is 6.42 Å². The SMILES string of the molecule is O=C(OCCC(F)C(F)(F)S(=O)(=O)[O-])C1CC2CCC1O2. The summed E-state index contributed by atoms with van der Waals surface area (Å²) in [6, 6.07) is 0. The van der Waals surface area contributed by atoms with Crippen LogP contribution < -0.4 is 0 Å². The molecule has 122 valence electrons. The van der Waals surface area contributed by atoms with Gasteiger partial charge < -0.3 is 14.0 Å². The smallest absolute Gasteiger partial charge is 0.364 e. The molecule has 2 rings (SSSR count). The number of esters is 1. The fourth-order valence-corrected chi connectivity index (χ4v) is 3.01. The van der Waals surface area contributed by atoms with Crippen LogP contribution in [0.3, 0.4) is 0 Å². The van der Waals surface area contributed by atoms with Crippen molar-refractivity contribution in [3.8, 4) is 0 Å². The Bertz CT molecular complexity index is 508. The Morgan fingerprint density at radius 3 is 2.57 bits per heavy atom. The van der Waals surface area contributed by atoms with Gasteiger partial charge in [0.1, 0.15) is 0 Å². The van der Waals surface area contributed by atoms with Gasteiger partial charge in [-0.2, -0.15) is 8.78 Å². The van der Waals surface area contributed by atoms with Gasteiger partial charge in [-0.3, -0.25) is 4.79 Å². The van der Waals surface area contributed by atoms with Crippen LogP contribution in [0.4, 0.5) is 13.2 Å². The molecule has 10 heteroatoms. The van der Waals surface area contributed by atoms with E-state index in [2.05, 4.69) is 4.74 Å². The second-order valence-corrected chi connectivity index (χ2v) is 6.61. The quantitative estimate of drug-likeness (QED) is 0.532. The molecule has 2 aliphatic heterocycles. The first-order chi connectivity index (χ1) is 9.63. The van der Waals surface area contributed by atoms with E-state index < -0.39 is 46.5 Å². The molecular weight excluding hydrogens is 317 g/mol. The maximum atomic E-state index is 13.1. The van der Waals surface area contributed by atoms with Gasteiger partial charge in [-0.1, -0.05) is 0 Å². The van der Waals surface area contributed by atoms with Gasteiger partial charge in [0, 0.05) is 6.42 Å². The van der Waals surface area contributed by atoms with Crippen molar-refractivity contribution in [2.45, 2.75) is 49.3 Å². The Labute approximate surface area is 119 Å². The van der Waals surface area contributed by atoms with Crippen LogP contribution in [0.2, 0.25) is 0 Å². The number of alkyl halides is 3. The fourth-order valence-electron chi connectivity index (χ4n) is 2.58. The average Bonchev–Trinajstić information content (AvgIpc) is 2.99. The number of fused-ring (bicyclic) bond motifs is 2. The molecule has 0 amide bonds. The molecule has 6 nitrogen and oxygen atoms in total. The van der Waals surface area contributed by atoms with Gasteiger partial charge in [0.05, 0.1) is 24.7 Å². The summed E-state index contributed by atoms with van der Waals surface area (Å²) in [6.45, 7) is -0.723. The van der Waals surface area contributed by atoms with Crippen LogP contribution in [-0.4, -0.2) is 49.2 Å². The number of ether oxygens (including phenoxy) is 2. The Kier molecular flexibility index (Phi) is 4.50. The minimum atomic E-state index is -6.09. The maximum absolute atomic E-state index is 13.1. The molecule has 0 N–H and O–H groups in total. The van der Waals surface area contributed by atoms with E-state index in [1.807, 2.05) is 0 Å². The summed E-state index contributed by atoms with van der Waals surface area (Å²) in [5.74, 6) is -1.17. The highest BCUT2D eigenvalue weighted by Crippen LogP contribution is 2.39. The van der Waals surface area contributed by atoms with Gasteiger partial charge in [0.15, 0.2) is 16.3 Å². The maximum Gasteiger partial charge on any atom is 0.364 e. The largest absolute Gasteiger partial charge is 0.743 e. The van der Waals surface area contributed by atoms with E-state index in [1.165, 1.54) is 0 Å². The van der Waals surface area contributed by atoms with Gasteiger partial charge in [-0.25, -0.2) is 12.8 Å².